The molecule has 0 heterocycles. The number of nitrogens with one attached hydrogen (secondary N) is 2. The quantitative estimate of drug-likeness (QED) is 0.511. The highest BCUT2D eigenvalue weighted by Gasteiger charge is 2.05. The van der Waals surface area contributed by atoms with Gasteiger partial charge in [0.25, 0.3) is 11.8 Å². The number of benzene rings is 2. The van der Waals surface area contributed by atoms with E-state index in [0.717, 1.165) is 17.3 Å². The second kappa shape index (κ2) is 9.14. The zero-order valence-electron chi connectivity index (χ0n) is 15.0. The number of carbonyl (C=O) groups is 3. The second-order valence-corrected chi connectivity index (χ2v) is 5.81. The van der Waals surface area contributed by atoms with Gasteiger partial charge in [-0.2, -0.15) is 0 Å². The third kappa shape index (κ3) is 6.28. The predicted molar refractivity (Wildman–Crippen MR) is 103 cm³/mol. The van der Waals surface area contributed by atoms with Crippen LogP contribution in [0, 0.1) is 13.8 Å². The van der Waals surface area contributed by atoms with Crippen molar-refractivity contribution in [2.24, 2.45) is 10.9 Å². The highest BCUT2D eigenvalue weighted by atomic mass is 16.6. The molecule has 2 aromatic carbocycles. The van der Waals surface area contributed by atoms with Crippen LogP contribution in [-0.4, -0.2) is 30.5 Å². The van der Waals surface area contributed by atoms with Crippen LogP contribution in [0.4, 0.5) is 11.4 Å². The summed E-state index contributed by atoms with van der Waals surface area (Å²) >= 11 is 0. The number of primary amides is 1. The first-order valence-corrected chi connectivity index (χ1v) is 8.08. The Morgan fingerprint density at radius 1 is 1.07 bits per heavy atom. The lowest BCUT2D eigenvalue weighted by Gasteiger charge is -2.07. The standard InChI is InChI=1S/C19H20N4O4/c1-12-3-8-16(13(2)9-12)23-17(24)10-21-27-11-18(25)22-15-6-4-14(5-7-15)19(20)26/h3-10H,11H2,1-2H3,(H2,20,26)(H,22,25)(H,23,24)/b21-10-. The van der Waals surface area contributed by atoms with Crippen LogP contribution in [0.2, 0.25) is 0 Å². The lowest BCUT2D eigenvalue weighted by molar-refractivity contribution is -0.120. The lowest BCUT2D eigenvalue weighted by Crippen LogP contribution is -2.18. The van der Waals surface area contributed by atoms with Crippen molar-refractivity contribution < 1.29 is 19.2 Å². The highest BCUT2D eigenvalue weighted by molar-refractivity contribution is 6.31. The SMILES string of the molecule is Cc1ccc(NC(=O)/C=N\OCC(=O)Nc2ccc(C(N)=O)cc2)c(C)c1. The summed E-state index contributed by atoms with van der Waals surface area (Å²) in [5, 5.41) is 8.71. The first-order valence-electron chi connectivity index (χ1n) is 8.08. The smallest absolute Gasteiger partial charge is 0.270 e. The van der Waals surface area contributed by atoms with Crippen LogP contribution >= 0.6 is 0 Å². The average molecular weight is 368 g/mol. The number of anilines is 2. The Morgan fingerprint density at radius 3 is 2.41 bits per heavy atom. The van der Waals surface area contributed by atoms with Gasteiger partial charge < -0.3 is 21.2 Å². The third-order valence-electron chi connectivity index (χ3n) is 3.53. The maximum absolute atomic E-state index is 11.8. The van der Waals surface area contributed by atoms with Crippen molar-refractivity contribution in [1.82, 2.24) is 0 Å². The van der Waals surface area contributed by atoms with E-state index in [4.69, 9.17) is 10.6 Å². The molecule has 0 aliphatic rings. The summed E-state index contributed by atoms with van der Waals surface area (Å²) in [5.41, 5.74) is 8.65. The van der Waals surface area contributed by atoms with E-state index in [2.05, 4.69) is 15.8 Å². The minimum Gasteiger partial charge on any atom is -0.385 e. The molecule has 0 unspecified atom stereocenters. The number of nitrogens with two attached hydrogens (primary N) is 1. The number of oxime groups is 1. The van der Waals surface area contributed by atoms with E-state index in [9.17, 15) is 14.4 Å². The Hall–Kier alpha value is -3.68. The topological polar surface area (TPSA) is 123 Å². The van der Waals surface area contributed by atoms with Crippen LogP contribution in [0.15, 0.2) is 47.6 Å². The van der Waals surface area contributed by atoms with Gasteiger partial charge >= 0.3 is 0 Å². The van der Waals surface area contributed by atoms with E-state index in [1.807, 2.05) is 26.0 Å². The molecule has 3 amide bonds. The number of rotatable bonds is 7. The van der Waals surface area contributed by atoms with E-state index in [0.29, 0.717) is 16.9 Å². The fourth-order valence-electron chi connectivity index (χ4n) is 2.21. The third-order valence-corrected chi connectivity index (χ3v) is 3.53. The molecule has 2 rings (SSSR count). The molecule has 0 fully saturated rings. The van der Waals surface area contributed by atoms with Gasteiger partial charge in [0, 0.05) is 16.9 Å². The molecule has 0 aliphatic carbocycles. The van der Waals surface area contributed by atoms with Gasteiger partial charge in [-0.3, -0.25) is 14.4 Å². The normalized spacial score (nSPS) is 10.4. The van der Waals surface area contributed by atoms with Gasteiger partial charge in [0.2, 0.25) is 5.91 Å². The lowest BCUT2D eigenvalue weighted by atomic mass is 10.1. The minimum absolute atomic E-state index is 0.337. The van der Waals surface area contributed by atoms with E-state index >= 15 is 0 Å². The molecule has 8 heteroatoms. The van der Waals surface area contributed by atoms with Gasteiger partial charge in [-0.1, -0.05) is 22.9 Å². The molecule has 2 aromatic rings. The average Bonchev–Trinajstić information content (AvgIpc) is 2.61. The maximum Gasteiger partial charge on any atom is 0.270 e. The first kappa shape index (κ1) is 19.6. The molecule has 0 aliphatic heterocycles. The molecule has 27 heavy (non-hydrogen) atoms. The second-order valence-electron chi connectivity index (χ2n) is 5.81. The van der Waals surface area contributed by atoms with Crippen LogP contribution in [-0.2, 0) is 14.4 Å². The molecular formula is C19H20N4O4. The number of hydrogen-bond acceptors (Lipinski definition) is 5. The fraction of sp³-hybridized carbons (Fsp3) is 0.158. The van der Waals surface area contributed by atoms with Crippen LogP contribution in [0.1, 0.15) is 21.5 Å². The number of hydrogen-bond donors (Lipinski definition) is 3. The Bertz CT molecular complexity index is 876. The molecule has 0 saturated carbocycles. The van der Waals surface area contributed by atoms with E-state index in [1.54, 1.807) is 18.2 Å². The summed E-state index contributed by atoms with van der Waals surface area (Å²) in [4.78, 5) is 39.3. The Kier molecular flexibility index (Phi) is 6.65. The highest BCUT2D eigenvalue weighted by Crippen LogP contribution is 2.15. The molecular weight excluding hydrogens is 348 g/mol. The molecule has 0 saturated heterocycles. The molecule has 0 aromatic heterocycles. The van der Waals surface area contributed by atoms with Crippen molar-refractivity contribution in [1.29, 1.82) is 0 Å². The van der Waals surface area contributed by atoms with Crippen LogP contribution in [0.3, 0.4) is 0 Å². The molecule has 140 valence electrons. The van der Waals surface area contributed by atoms with Crippen molar-refractivity contribution >= 4 is 35.3 Å². The van der Waals surface area contributed by atoms with Gasteiger partial charge in [-0.25, -0.2) is 0 Å². The van der Waals surface area contributed by atoms with Gasteiger partial charge in [-0.15, -0.1) is 0 Å². The monoisotopic (exact) mass is 368 g/mol. The fourth-order valence-corrected chi connectivity index (χ4v) is 2.21. The predicted octanol–water partition coefficient (Wildman–Crippen LogP) is 1.98. The van der Waals surface area contributed by atoms with Crippen LogP contribution in [0.25, 0.3) is 0 Å². The minimum atomic E-state index is -0.551. The Balaban J connectivity index is 1.76. The molecule has 0 radical (unpaired) electrons. The van der Waals surface area contributed by atoms with Gasteiger partial charge in [0.05, 0.1) is 0 Å². The first-order chi connectivity index (χ1) is 12.8. The summed E-state index contributed by atoms with van der Waals surface area (Å²) < 4.78 is 0. The Labute approximate surface area is 156 Å². The number of nitrogens with zero attached hydrogens (tertiary/aromatic N) is 1. The van der Waals surface area contributed by atoms with Gasteiger partial charge in [0.1, 0.15) is 6.21 Å². The summed E-state index contributed by atoms with van der Waals surface area (Å²) in [6.45, 7) is 3.48. The summed E-state index contributed by atoms with van der Waals surface area (Å²) in [6, 6.07) is 11.7. The number of amides is 3. The molecule has 4 N–H and O–H groups in total. The van der Waals surface area contributed by atoms with Crippen LogP contribution < -0.4 is 16.4 Å². The van der Waals surface area contributed by atoms with Gasteiger partial charge in [-0.05, 0) is 49.7 Å². The van der Waals surface area contributed by atoms with E-state index in [-0.39, 0.29) is 6.61 Å². The molecule has 8 nitrogen and oxygen atoms in total. The molecule has 0 spiro atoms. The molecule has 0 atom stereocenters. The Morgan fingerprint density at radius 2 is 1.78 bits per heavy atom. The molecule has 0 bridgehead atoms. The summed E-state index contributed by atoms with van der Waals surface area (Å²) in [7, 11) is 0. The van der Waals surface area contributed by atoms with Crippen LogP contribution in [0.5, 0.6) is 0 Å². The number of carbonyl (C=O) groups excluding carboxylic acids is 3. The largest absolute Gasteiger partial charge is 0.385 e. The number of aryl methyl sites for hydroxylation is 2. The maximum atomic E-state index is 11.8. The van der Waals surface area contributed by atoms with Crippen molar-refractivity contribution in [2.75, 3.05) is 17.2 Å². The van der Waals surface area contributed by atoms with Crippen molar-refractivity contribution in [3.63, 3.8) is 0 Å². The summed E-state index contributed by atoms with van der Waals surface area (Å²) in [5.74, 6) is -1.48. The van der Waals surface area contributed by atoms with Crippen molar-refractivity contribution in [2.45, 2.75) is 13.8 Å². The zero-order valence-corrected chi connectivity index (χ0v) is 15.0. The summed E-state index contributed by atoms with van der Waals surface area (Å²) in [6.07, 6.45) is 0.953. The zero-order chi connectivity index (χ0) is 19.8. The van der Waals surface area contributed by atoms with E-state index in [1.165, 1.54) is 12.1 Å². The van der Waals surface area contributed by atoms with Crippen molar-refractivity contribution in [3.8, 4) is 0 Å². The van der Waals surface area contributed by atoms with Crippen molar-refractivity contribution in [3.05, 3.63) is 59.2 Å². The van der Waals surface area contributed by atoms with E-state index < -0.39 is 17.7 Å². The van der Waals surface area contributed by atoms with Gasteiger partial charge in [0.15, 0.2) is 6.61 Å².